The topological polar surface area (TPSA) is 83.0 Å². The summed E-state index contributed by atoms with van der Waals surface area (Å²) in [5, 5.41) is 0. The normalized spacial score (nSPS) is 18.3. The maximum Gasteiger partial charge on any atom is 0.257 e. The quantitative estimate of drug-likeness (QED) is 0.685. The molecule has 172 valence electrons. The first-order valence-electron chi connectivity index (χ1n) is 11.1. The van der Waals surface area contributed by atoms with Crippen LogP contribution in [-0.2, 0) is 10.0 Å². The third-order valence-electron chi connectivity index (χ3n) is 6.14. The van der Waals surface area contributed by atoms with Crippen LogP contribution in [0.1, 0.15) is 36.0 Å². The summed E-state index contributed by atoms with van der Waals surface area (Å²) in [5.41, 5.74) is 0.287. The minimum atomic E-state index is -3.65. The highest BCUT2D eigenvalue weighted by Crippen LogP contribution is 2.27. The smallest absolute Gasteiger partial charge is 0.257 e. The fourth-order valence-electron chi connectivity index (χ4n) is 4.30. The van der Waals surface area contributed by atoms with E-state index in [-0.39, 0.29) is 16.4 Å². The summed E-state index contributed by atoms with van der Waals surface area (Å²) in [4.78, 5) is 21.8. The first-order chi connectivity index (χ1) is 15.5. The van der Waals surface area contributed by atoms with Crippen LogP contribution in [0.5, 0.6) is 5.75 Å². The van der Waals surface area contributed by atoms with Crippen molar-refractivity contribution in [3.63, 3.8) is 0 Å². The van der Waals surface area contributed by atoms with Gasteiger partial charge in [-0.15, -0.1) is 0 Å². The van der Waals surface area contributed by atoms with E-state index in [4.69, 9.17) is 4.74 Å². The van der Waals surface area contributed by atoms with Gasteiger partial charge in [-0.1, -0.05) is 18.9 Å². The molecule has 0 N–H and O–H groups in total. The molecule has 8 nitrogen and oxygen atoms in total. The molecular formula is C23H30N4O4S. The number of hydrogen-bond donors (Lipinski definition) is 0. The minimum absolute atomic E-state index is 0.149. The first-order valence-corrected chi connectivity index (χ1v) is 12.6. The van der Waals surface area contributed by atoms with Crippen LogP contribution in [0, 0.1) is 0 Å². The second kappa shape index (κ2) is 9.87. The van der Waals surface area contributed by atoms with E-state index in [9.17, 15) is 13.2 Å². The third-order valence-corrected chi connectivity index (χ3v) is 8.04. The largest absolute Gasteiger partial charge is 0.496 e. The molecule has 0 saturated carbocycles. The summed E-state index contributed by atoms with van der Waals surface area (Å²) >= 11 is 0. The molecule has 3 heterocycles. The molecule has 2 aromatic rings. The highest BCUT2D eigenvalue weighted by atomic mass is 32.2. The molecule has 2 fully saturated rings. The van der Waals surface area contributed by atoms with Crippen molar-refractivity contribution >= 4 is 21.7 Å². The Morgan fingerprint density at radius 1 is 0.938 bits per heavy atom. The molecule has 1 aromatic heterocycles. The van der Waals surface area contributed by atoms with E-state index in [1.54, 1.807) is 21.5 Å². The highest BCUT2D eigenvalue weighted by Gasteiger charge is 2.29. The van der Waals surface area contributed by atoms with Gasteiger partial charge < -0.3 is 14.5 Å². The third kappa shape index (κ3) is 4.73. The standard InChI is InChI=1S/C23H30N4O4S/c1-31-21-10-9-19(32(29,30)27-12-6-2-3-7-13-27)18-20(21)23(28)26-16-14-25(15-17-26)22-8-4-5-11-24-22/h4-5,8-11,18H,2-3,6-7,12-17H2,1H3. The van der Waals surface area contributed by atoms with Gasteiger partial charge in [0, 0.05) is 45.5 Å². The van der Waals surface area contributed by atoms with Gasteiger partial charge in [0.1, 0.15) is 11.6 Å². The summed E-state index contributed by atoms with van der Waals surface area (Å²) < 4.78 is 33.4. The van der Waals surface area contributed by atoms with E-state index >= 15 is 0 Å². The number of carbonyl (C=O) groups is 1. The van der Waals surface area contributed by atoms with Crippen molar-refractivity contribution in [2.45, 2.75) is 30.6 Å². The molecule has 9 heteroatoms. The SMILES string of the molecule is COc1ccc(S(=O)(=O)N2CCCCCC2)cc1C(=O)N1CCN(c2ccccn2)CC1. The van der Waals surface area contributed by atoms with Gasteiger partial charge in [-0.05, 0) is 43.2 Å². The summed E-state index contributed by atoms with van der Waals surface area (Å²) in [6.07, 6.45) is 5.57. The lowest BCUT2D eigenvalue weighted by Gasteiger charge is -2.35. The van der Waals surface area contributed by atoms with Crippen LogP contribution in [-0.4, -0.2) is 74.9 Å². The van der Waals surface area contributed by atoms with Gasteiger partial charge in [0.15, 0.2) is 0 Å². The lowest BCUT2D eigenvalue weighted by molar-refractivity contribution is 0.0743. The fourth-order valence-corrected chi connectivity index (χ4v) is 5.84. The molecule has 2 saturated heterocycles. The Balaban J connectivity index is 1.53. The van der Waals surface area contributed by atoms with E-state index in [1.807, 2.05) is 18.2 Å². The monoisotopic (exact) mass is 458 g/mol. The summed E-state index contributed by atoms with van der Waals surface area (Å²) in [6, 6.07) is 10.4. The molecule has 1 aromatic carbocycles. The number of aromatic nitrogens is 1. The van der Waals surface area contributed by atoms with Crippen molar-refractivity contribution in [2.75, 3.05) is 51.3 Å². The van der Waals surface area contributed by atoms with Crippen LogP contribution in [0.15, 0.2) is 47.5 Å². The Hall–Kier alpha value is -2.65. The summed E-state index contributed by atoms with van der Waals surface area (Å²) in [5.74, 6) is 1.06. The second-order valence-electron chi connectivity index (χ2n) is 8.15. The zero-order valence-electron chi connectivity index (χ0n) is 18.4. The van der Waals surface area contributed by atoms with Crippen LogP contribution in [0.2, 0.25) is 0 Å². The second-order valence-corrected chi connectivity index (χ2v) is 10.1. The Morgan fingerprint density at radius 2 is 1.66 bits per heavy atom. The number of methoxy groups -OCH3 is 1. The summed E-state index contributed by atoms with van der Waals surface area (Å²) in [6.45, 7) is 3.43. The van der Waals surface area contributed by atoms with Crippen molar-refractivity contribution in [2.24, 2.45) is 0 Å². The van der Waals surface area contributed by atoms with Crippen LogP contribution < -0.4 is 9.64 Å². The number of sulfonamides is 1. The Labute approximate surface area is 189 Å². The predicted molar refractivity (Wildman–Crippen MR) is 123 cm³/mol. The molecule has 0 bridgehead atoms. The average Bonchev–Trinajstić information content (AvgIpc) is 3.14. The van der Waals surface area contributed by atoms with E-state index < -0.39 is 10.0 Å². The Kier molecular flexibility index (Phi) is 6.95. The first kappa shape index (κ1) is 22.5. The molecule has 0 aliphatic carbocycles. The number of pyridine rings is 1. The molecule has 0 unspecified atom stereocenters. The van der Waals surface area contributed by atoms with Gasteiger partial charge in [0.2, 0.25) is 10.0 Å². The lowest BCUT2D eigenvalue weighted by Crippen LogP contribution is -2.49. The maximum atomic E-state index is 13.3. The van der Waals surface area contributed by atoms with Crippen molar-refractivity contribution in [3.8, 4) is 5.75 Å². The number of carbonyl (C=O) groups excluding carboxylic acids is 1. The van der Waals surface area contributed by atoms with Gasteiger partial charge in [0.25, 0.3) is 5.91 Å². The van der Waals surface area contributed by atoms with Crippen molar-refractivity contribution in [3.05, 3.63) is 48.2 Å². The number of benzene rings is 1. The van der Waals surface area contributed by atoms with Crippen molar-refractivity contribution < 1.29 is 17.9 Å². The predicted octanol–water partition coefficient (Wildman–Crippen LogP) is 2.62. The number of ether oxygens (including phenoxy) is 1. The van der Waals surface area contributed by atoms with Crippen molar-refractivity contribution in [1.29, 1.82) is 0 Å². The molecular weight excluding hydrogens is 428 g/mol. The highest BCUT2D eigenvalue weighted by molar-refractivity contribution is 7.89. The van der Waals surface area contributed by atoms with Crippen LogP contribution in [0.4, 0.5) is 5.82 Å². The molecule has 0 radical (unpaired) electrons. The number of amides is 1. The van der Waals surface area contributed by atoms with E-state index in [0.29, 0.717) is 45.0 Å². The van der Waals surface area contributed by atoms with Crippen LogP contribution in [0.3, 0.4) is 0 Å². The van der Waals surface area contributed by atoms with E-state index in [0.717, 1.165) is 31.5 Å². The molecule has 1 amide bonds. The number of anilines is 1. The van der Waals surface area contributed by atoms with Gasteiger partial charge >= 0.3 is 0 Å². The van der Waals surface area contributed by atoms with E-state index in [1.165, 1.54) is 19.2 Å². The molecule has 0 atom stereocenters. The van der Waals surface area contributed by atoms with Gasteiger partial charge in [-0.3, -0.25) is 4.79 Å². The zero-order valence-corrected chi connectivity index (χ0v) is 19.3. The van der Waals surface area contributed by atoms with E-state index in [2.05, 4.69) is 9.88 Å². The molecule has 0 spiro atoms. The molecule has 4 rings (SSSR count). The van der Waals surface area contributed by atoms with Crippen LogP contribution in [0.25, 0.3) is 0 Å². The van der Waals surface area contributed by atoms with Gasteiger partial charge in [-0.25, -0.2) is 13.4 Å². The Bertz CT molecular complexity index is 1030. The van der Waals surface area contributed by atoms with Gasteiger partial charge in [0.05, 0.1) is 17.6 Å². The zero-order chi connectivity index (χ0) is 22.6. The fraction of sp³-hybridized carbons (Fsp3) is 0.478. The number of nitrogens with zero attached hydrogens (tertiary/aromatic N) is 4. The average molecular weight is 459 g/mol. The van der Waals surface area contributed by atoms with Gasteiger partial charge in [-0.2, -0.15) is 4.31 Å². The number of rotatable bonds is 5. The Morgan fingerprint density at radius 3 is 2.28 bits per heavy atom. The molecule has 32 heavy (non-hydrogen) atoms. The number of hydrogen-bond acceptors (Lipinski definition) is 6. The minimum Gasteiger partial charge on any atom is -0.496 e. The van der Waals surface area contributed by atoms with Crippen molar-refractivity contribution in [1.82, 2.24) is 14.2 Å². The van der Waals surface area contributed by atoms with Crippen LogP contribution >= 0.6 is 0 Å². The maximum absolute atomic E-state index is 13.3. The lowest BCUT2D eigenvalue weighted by atomic mass is 10.1. The number of piperazine rings is 1. The molecule has 2 aliphatic heterocycles. The summed E-state index contributed by atoms with van der Waals surface area (Å²) in [7, 11) is -2.16. The molecule has 2 aliphatic rings.